The predicted molar refractivity (Wildman–Crippen MR) is 123 cm³/mol. The van der Waals surface area contributed by atoms with E-state index in [4.69, 9.17) is 13.9 Å². The Morgan fingerprint density at radius 3 is 2.12 bits per heavy atom. The number of rotatable bonds is 9. The Balaban J connectivity index is 1.19. The van der Waals surface area contributed by atoms with Gasteiger partial charge in [-0.15, -0.1) is 0 Å². The molecule has 6 rings (SSSR count). The molecule has 0 aliphatic heterocycles. The van der Waals surface area contributed by atoms with Crippen LogP contribution >= 0.6 is 0 Å². The monoisotopic (exact) mass is 437 g/mol. The zero-order valence-corrected chi connectivity index (χ0v) is 19.3. The quantitative estimate of drug-likeness (QED) is 0.524. The van der Waals surface area contributed by atoms with Gasteiger partial charge in [-0.25, -0.2) is 0 Å². The summed E-state index contributed by atoms with van der Waals surface area (Å²) in [5.41, 5.74) is 0.297. The van der Waals surface area contributed by atoms with Crippen LogP contribution in [-0.2, 0) is 6.61 Å². The van der Waals surface area contributed by atoms with Crippen molar-refractivity contribution in [1.82, 2.24) is 5.32 Å². The highest BCUT2D eigenvalue weighted by Crippen LogP contribution is 2.61. The van der Waals surface area contributed by atoms with Crippen molar-refractivity contribution in [2.24, 2.45) is 23.2 Å². The van der Waals surface area contributed by atoms with Crippen molar-refractivity contribution in [3.05, 3.63) is 47.9 Å². The molecule has 5 nitrogen and oxygen atoms in total. The molecule has 4 saturated carbocycles. The summed E-state index contributed by atoms with van der Waals surface area (Å²) in [5.74, 6) is 5.11. The first-order valence-corrected chi connectivity index (χ1v) is 12.3. The van der Waals surface area contributed by atoms with Gasteiger partial charge in [0, 0.05) is 6.04 Å². The molecule has 1 aromatic heterocycles. The number of carbonyl (C=O) groups excluding carboxylic acids is 1. The largest absolute Gasteiger partial charge is 0.494 e. The van der Waals surface area contributed by atoms with Crippen molar-refractivity contribution in [1.29, 1.82) is 0 Å². The Kier molecular flexibility index (Phi) is 5.92. The number of benzene rings is 1. The van der Waals surface area contributed by atoms with Crippen molar-refractivity contribution >= 4 is 5.91 Å². The van der Waals surface area contributed by atoms with Crippen LogP contribution in [0.1, 0.15) is 75.1 Å². The third-order valence-corrected chi connectivity index (χ3v) is 7.94. The molecule has 1 atom stereocenters. The molecule has 4 aliphatic carbocycles. The highest BCUT2D eigenvalue weighted by atomic mass is 16.5. The normalized spacial score (nSPS) is 29.0. The summed E-state index contributed by atoms with van der Waals surface area (Å²) in [6.07, 6.45) is 9.09. The summed E-state index contributed by atoms with van der Waals surface area (Å²) in [6.45, 7) is 5.09. The van der Waals surface area contributed by atoms with Gasteiger partial charge in [0.1, 0.15) is 23.9 Å². The molecule has 0 radical (unpaired) electrons. The van der Waals surface area contributed by atoms with Gasteiger partial charge in [0.15, 0.2) is 5.76 Å². The fraction of sp³-hybridized carbons (Fsp3) is 0.593. The Labute approximate surface area is 190 Å². The minimum Gasteiger partial charge on any atom is -0.494 e. The van der Waals surface area contributed by atoms with Crippen LogP contribution in [0.4, 0.5) is 0 Å². The lowest BCUT2D eigenvalue weighted by atomic mass is 9.47. The van der Waals surface area contributed by atoms with Crippen LogP contribution in [0.15, 0.2) is 40.8 Å². The van der Waals surface area contributed by atoms with Crippen LogP contribution in [0.2, 0.25) is 0 Å². The number of furan rings is 1. The van der Waals surface area contributed by atoms with Gasteiger partial charge in [0.2, 0.25) is 0 Å². The Bertz CT molecular complexity index is 896. The van der Waals surface area contributed by atoms with Crippen LogP contribution in [0, 0.1) is 23.2 Å². The number of carbonyl (C=O) groups is 1. The molecule has 0 spiro atoms. The van der Waals surface area contributed by atoms with E-state index in [9.17, 15) is 4.79 Å². The van der Waals surface area contributed by atoms with E-state index in [0.29, 0.717) is 23.5 Å². The maximum atomic E-state index is 13.0. The van der Waals surface area contributed by atoms with Gasteiger partial charge in [-0.05, 0) is 111 Å². The first-order valence-electron chi connectivity index (χ1n) is 12.3. The molecule has 4 fully saturated rings. The van der Waals surface area contributed by atoms with Crippen molar-refractivity contribution in [2.45, 2.75) is 71.4 Å². The second-order valence-corrected chi connectivity index (χ2v) is 10.2. The van der Waals surface area contributed by atoms with E-state index in [2.05, 4.69) is 12.2 Å². The molecule has 172 valence electrons. The first-order chi connectivity index (χ1) is 15.6. The SMILES string of the molecule is CCOc1ccc(OCc2ccc(C(=O)NC(CC)C34CC5CC(CC(C5)C3)C4)o2)cc1. The second kappa shape index (κ2) is 8.84. The van der Waals surface area contributed by atoms with E-state index >= 15 is 0 Å². The molecule has 1 unspecified atom stereocenters. The molecular weight excluding hydrogens is 402 g/mol. The van der Waals surface area contributed by atoms with Crippen LogP contribution in [0.3, 0.4) is 0 Å². The smallest absolute Gasteiger partial charge is 0.287 e. The predicted octanol–water partition coefficient (Wildman–Crippen LogP) is 5.98. The highest BCUT2D eigenvalue weighted by molar-refractivity contribution is 5.91. The minimum absolute atomic E-state index is 0.0973. The summed E-state index contributed by atoms with van der Waals surface area (Å²) in [5, 5.41) is 3.36. The van der Waals surface area contributed by atoms with Crippen LogP contribution in [0.5, 0.6) is 11.5 Å². The zero-order chi connectivity index (χ0) is 22.1. The molecule has 1 heterocycles. The maximum Gasteiger partial charge on any atom is 0.287 e. The number of nitrogens with one attached hydrogen (secondary N) is 1. The first kappa shape index (κ1) is 21.4. The summed E-state index contributed by atoms with van der Waals surface area (Å²) < 4.78 is 17.1. The lowest BCUT2D eigenvalue weighted by Gasteiger charge is -2.59. The second-order valence-electron chi connectivity index (χ2n) is 10.2. The fourth-order valence-electron chi connectivity index (χ4n) is 7.05. The van der Waals surface area contributed by atoms with Crippen LogP contribution in [-0.4, -0.2) is 18.6 Å². The van der Waals surface area contributed by atoms with Gasteiger partial charge in [-0.2, -0.15) is 0 Å². The van der Waals surface area contributed by atoms with Crippen molar-refractivity contribution in [3.63, 3.8) is 0 Å². The van der Waals surface area contributed by atoms with Gasteiger partial charge in [0.25, 0.3) is 5.91 Å². The van der Waals surface area contributed by atoms with Crippen LogP contribution in [0.25, 0.3) is 0 Å². The van der Waals surface area contributed by atoms with Gasteiger partial charge >= 0.3 is 0 Å². The Hall–Kier alpha value is -2.43. The van der Waals surface area contributed by atoms with E-state index in [1.54, 1.807) is 6.07 Å². The molecule has 4 aliphatic rings. The van der Waals surface area contributed by atoms with Gasteiger partial charge < -0.3 is 19.2 Å². The number of hydrogen-bond acceptors (Lipinski definition) is 4. The lowest BCUT2D eigenvalue weighted by molar-refractivity contribution is -0.0728. The van der Waals surface area contributed by atoms with Crippen molar-refractivity contribution in [2.75, 3.05) is 6.61 Å². The zero-order valence-electron chi connectivity index (χ0n) is 19.3. The summed E-state index contributed by atoms with van der Waals surface area (Å²) >= 11 is 0. The van der Waals surface area contributed by atoms with Gasteiger partial charge in [-0.3, -0.25) is 4.79 Å². The minimum atomic E-state index is -0.0973. The average molecular weight is 438 g/mol. The van der Waals surface area contributed by atoms with Crippen molar-refractivity contribution in [3.8, 4) is 11.5 Å². The molecule has 4 bridgehead atoms. The van der Waals surface area contributed by atoms with Crippen LogP contribution < -0.4 is 14.8 Å². The number of amides is 1. The van der Waals surface area contributed by atoms with E-state index < -0.39 is 0 Å². The van der Waals surface area contributed by atoms with Crippen molar-refractivity contribution < 1.29 is 18.7 Å². The lowest BCUT2D eigenvalue weighted by Crippen LogP contribution is -2.56. The highest BCUT2D eigenvalue weighted by Gasteiger charge is 2.54. The topological polar surface area (TPSA) is 60.7 Å². The summed E-state index contributed by atoms with van der Waals surface area (Å²) in [4.78, 5) is 13.0. The third-order valence-electron chi connectivity index (χ3n) is 7.94. The van der Waals surface area contributed by atoms with E-state index in [1.807, 2.05) is 37.3 Å². The molecule has 32 heavy (non-hydrogen) atoms. The van der Waals surface area contributed by atoms with E-state index in [1.165, 1.54) is 38.5 Å². The Morgan fingerprint density at radius 1 is 0.969 bits per heavy atom. The van der Waals surface area contributed by atoms with E-state index in [-0.39, 0.29) is 18.6 Å². The molecule has 1 N–H and O–H groups in total. The molecule has 2 aromatic rings. The Morgan fingerprint density at radius 2 is 1.56 bits per heavy atom. The third kappa shape index (κ3) is 4.26. The molecule has 1 amide bonds. The molecule has 0 saturated heterocycles. The molecular formula is C27H35NO4. The summed E-state index contributed by atoms with van der Waals surface area (Å²) in [6, 6.07) is 11.3. The van der Waals surface area contributed by atoms with Gasteiger partial charge in [-0.1, -0.05) is 6.92 Å². The fourth-order valence-corrected chi connectivity index (χ4v) is 7.05. The number of hydrogen-bond donors (Lipinski definition) is 1. The average Bonchev–Trinajstić information content (AvgIpc) is 3.25. The molecule has 5 heteroatoms. The van der Waals surface area contributed by atoms with E-state index in [0.717, 1.165) is 35.7 Å². The standard InChI is InChI=1S/C27H35NO4/c1-3-25(27-14-18-11-19(15-27)13-20(12-18)16-27)28-26(29)24-10-9-23(32-24)17-31-22-7-5-21(6-8-22)30-4-2/h5-10,18-20,25H,3-4,11-17H2,1-2H3,(H,28,29). The number of ether oxygens (including phenoxy) is 2. The summed E-state index contributed by atoms with van der Waals surface area (Å²) in [7, 11) is 0. The van der Waals surface area contributed by atoms with Gasteiger partial charge in [0.05, 0.1) is 6.61 Å². The molecule has 1 aromatic carbocycles. The maximum absolute atomic E-state index is 13.0.